The molecular weight excluding hydrogens is 764 g/mol. The first-order chi connectivity index (χ1) is 28.0. The van der Waals surface area contributed by atoms with Crippen LogP contribution in [0.3, 0.4) is 0 Å². The fraction of sp³-hybridized carbons (Fsp3) is 0.800. The first-order valence-corrected chi connectivity index (χ1v) is 21.7. The Kier molecular flexibility index (Phi) is 14.0. The summed E-state index contributed by atoms with van der Waals surface area (Å²) >= 11 is 0. The summed E-state index contributed by atoms with van der Waals surface area (Å²) in [7, 11) is 3.22. The topological polar surface area (TPSA) is 170 Å². The van der Waals surface area contributed by atoms with Crippen molar-refractivity contribution in [3.63, 3.8) is 0 Å². The van der Waals surface area contributed by atoms with Gasteiger partial charge in [-0.05, 0) is 70.1 Å². The second kappa shape index (κ2) is 18.4. The molecule has 3 N–H and O–H groups in total. The van der Waals surface area contributed by atoms with E-state index >= 15 is 0 Å². The minimum absolute atomic E-state index is 0.0395. The molecule has 7 aliphatic rings. The smallest absolute Gasteiger partial charge is 0.316 e. The molecule has 6 aliphatic heterocycles. The molecule has 0 aromatic heterocycles. The van der Waals surface area contributed by atoms with Crippen LogP contribution >= 0.6 is 0 Å². The van der Waals surface area contributed by atoms with E-state index in [1.165, 1.54) is 0 Å². The fourth-order valence-corrected chi connectivity index (χ4v) is 10.2. The number of esters is 1. The van der Waals surface area contributed by atoms with Crippen molar-refractivity contribution >= 4 is 5.97 Å². The molecule has 59 heavy (non-hydrogen) atoms. The Morgan fingerprint density at radius 3 is 2.29 bits per heavy atom. The summed E-state index contributed by atoms with van der Waals surface area (Å²) in [5, 5.41) is 34.1. The van der Waals surface area contributed by atoms with E-state index in [4.69, 9.17) is 47.4 Å². The lowest BCUT2D eigenvalue weighted by Gasteiger charge is -2.49. The minimum Gasteiger partial charge on any atom is -0.462 e. The predicted octanol–water partition coefficient (Wildman–Crippen LogP) is 4.58. The van der Waals surface area contributed by atoms with E-state index < -0.39 is 90.8 Å². The van der Waals surface area contributed by atoms with Gasteiger partial charge in [-0.15, -0.1) is 0 Å². The van der Waals surface area contributed by atoms with Crippen LogP contribution in [-0.2, 0) is 52.2 Å². The summed E-state index contributed by atoms with van der Waals surface area (Å²) in [5.74, 6) is -2.39. The summed E-state index contributed by atoms with van der Waals surface area (Å²) in [4.78, 5) is 14.2. The first-order valence-electron chi connectivity index (χ1n) is 21.7. The highest BCUT2D eigenvalue weighted by Gasteiger charge is 2.60. The van der Waals surface area contributed by atoms with E-state index in [1.807, 2.05) is 26.0 Å². The van der Waals surface area contributed by atoms with Crippen molar-refractivity contribution < 1.29 is 67.5 Å². The molecule has 0 amide bonds. The second-order valence-corrected chi connectivity index (χ2v) is 18.2. The van der Waals surface area contributed by atoms with E-state index in [1.54, 1.807) is 40.2 Å². The molecule has 14 heteroatoms. The summed E-state index contributed by atoms with van der Waals surface area (Å²) in [6, 6.07) is 0. The first kappa shape index (κ1) is 45.0. The maximum atomic E-state index is 14.2. The standard InChI is InChI=1S/C45H68O14/c1-23-15-16-44(58-27(23)5)21-32-18-31(59-44)14-13-25(3)40(24(2)11-10-12-30-22-52-42-38(46)26(4)17-33(43(48)55-32)45(30,42)49)56-37-20-35(51-9)41(29(7)54-37)57-36-19-34(50-8)39(47)28(6)53-36/h10-13,17,23-24,27-29,31-42,46-47,49H,14-16,18-22H2,1-9H3/b11-10+,25-13-,30-12-/t23-,24-,27+,28-,29-,31+,32+,33-,34-,35-,36-,37-,38+,39-,40-,41-,42-,44-,45-/m0/s1. The van der Waals surface area contributed by atoms with Gasteiger partial charge in [-0.3, -0.25) is 4.79 Å². The fourth-order valence-electron chi connectivity index (χ4n) is 10.2. The number of aliphatic hydroxyl groups is 3. The van der Waals surface area contributed by atoms with Crippen LogP contribution in [0.25, 0.3) is 0 Å². The molecule has 0 unspecified atom stereocenters. The highest BCUT2D eigenvalue weighted by atomic mass is 16.7. The average Bonchev–Trinajstić information content (AvgIpc) is 3.53. The van der Waals surface area contributed by atoms with Crippen LogP contribution in [0.1, 0.15) is 93.4 Å². The van der Waals surface area contributed by atoms with E-state index in [9.17, 15) is 20.1 Å². The summed E-state index contributed by atoms with van der Waals surface area (Å²) in [6.45, 7) is 13.9. The third-order valence-corrected chi connectivity index (χ3v) is 14.0. The Bertz CT molecular complexity index is 1610. The lowest BCUT2D eigenvalue weighted by molar-refractivity contribution is -0.332. The van der Waals surface area contributed by atoms with Crippen LogP contribution < -0.4 is 0 Å². The van der Waals surface area contributed by atoms with Gasteiger partial charge in [0.1, 0.15) is 42.0 Å². The Morgan fingerprint density at radius 1 is 0.847 bits per heavy atom. The number of aliphatic hydroxyl groups excluding tert-OH is 2. The van der Waals surface area contributed by atoms with E-state index in [0.717, 1.165) is 12.0 Å². The summed E-state index contributed by atoms with van der Waals surface area (Å²) in [6.07, 6.45) is 5.52. The van der Waals surface area contributed by atoms with Crippen molar-refractivity contribution in [2.24, 2.45) is 17.8 Å². The number of hydrogen-bond donors (Lipinski definition) is 3. The number of methoxy groups -OCH3 is 2. The normalized spacial score (nSPS) is 50.7. The number of carbonyl (C=O) groups is 1. The van der Waals surface area contributed by atoms with E-state index in [0.29, 0.717) is 55.6 Å². The second-order valence-electron chi connectivity index (χ2n) is 18.2. The molecule has 19 atom stereocenters. The monoisotopic (exact) mass is 832 g/mol. The van der Waals surface area contributed by atoms with Crippen molar-refractivity contribution in [2.75, 3.05) is 20.8 Å². The Morgan fingerprint density at radius 2 is 1.56 bits per heavy atom. The van der Waals surface area contributed by atoms with Crippen LogP contribution in [-0.4, -0.2) is 139 Å². The van der Waals surface area contributed by atoms with Gasteiger partial charge in [-0.25, -0.2) is 0 Å². The molecule has 6 heterocycles. The van der Waals surface area contributed by atoms with Crippen LogP contribution in [0.4, 0.5) is 0 Å². The molecule has 5 saturated heterocycles. The van der Waals surface area contributed by atoms with Gasteiger partial charge in [0.25, 0.3) is 0 Å². The molecule has 0 radical (unpaired) electrons. The SMILES string of the molecule is CO[C@H]1C[C@H](O[C@H]2[C@H](C)O[C@@H](O[C@@H]3/C(C)=C\C[C@@H]4C[C@H](C[C@]5(CC[C@H](C)[C@@H](C)O5)O4)OC(=O)[C@@H]4C=C(C)[C@@H](O)[C@@H]5OC/C(=C/C=C/[C@@H]3C)[C@]45O)C[C@@H]2OC)O[C@@H](C)[C@@H]1O. The highest BCUT2D eigenvalue weighted by Crippen LogP contribution is 2.47. The lowest BCUT2D eigenvalue weighted by atomic mass is 9.71. The van der Waals surface area contributed by atoms with Crippen molar-refractivity contribution in [2.45, 2.75) is 191 Å². The zero-order chi connectivity index (χ0) is 42.4. The lowest BCUT2D eigenvalue weighted by Crippen LogP contribution is -2.58. The molecule has 0 aromatic rings. The minimum atomic E-state index is -1.81. The van der Waals surface area contributed by atoms with Crippen molar-refractivity contribution in [3.8, 4) is 0 Å². The molecule has 7 rings (SSSR count). The zero-order valence-corrected chi connectivity index (χ0v) is 36.2. The number of rotatable bonds is 6. The highest BCUT2D eigenvalue weighted by molar-refractivity contribution is 5.78. The molecule has 0 saturated carbocycles. The van der Waals surface area contributed by atoms with Crippen LogP contribution in [0.5, 0.6) is 0 Å². The maximum Gasteiger partial charge on any atom is 0.316 e. The molecule has 5 fully saturated rings. The number of fused-ring (bicyclic) bond motifs is 2. The quantitative estimate of drug-likeness (QED) is 0.251. The van der Waals surface area contributed by atoms with Gasteiger partial charge >= 0.3 is 5.97 Å². The van der Waals surface area contributed by atoms with Crippen molar-refractivity contribution in [3.05, 3.63) is 47.1 Å². The van der Waals surface area contributed by atoms with Gasteiger partial charge in [0.05, 0.1) is 49.3 Å². The Balaban J connectivity index is 1.16. The Hall–Kier alpha value is -2.05. The van der Waals surface area contributed by atoms with Gasteiger partial charge in [0.15, 0.2) is 18.4 Å². The van der Waals surface area contributed by atoms with Crippen molar-refractivity contribution in [1.29, 1.82) is 0 Å². The third kappa shape index (κ3) is 9.21. The van der Waals surface area contributed by atoms with Gasteiger partial charge in [-0.2, -0.15) is 0 Å². The van der Waals surface area contributed by atoms with Gasteiger partial charge < -0.3 is 62.7 Å². The van der Waals surface area contributed by atoms with Crippen LogP contribution in [0.15, 0.2) is 47.1 Å². The van der Waals surface area contributed by atoms with E-state index in [2.05, 4.69) is 26.8 Å². The number of hydrogen-bond acceptors (Lipinski definition) is 14. The molecule has 1 aliphatic carbocycles. The number of allylic oxidation sites excluding steroid dienone is 2. The Labute approximate surface area is 349 Å². The molecule has 0 aromatic carbocycles. The molecule has 2 bridgehead atoms. The van der Waals surface area contributed by atoms with Gasteiger partial charge in [-0.1, -0.05) is 44.2 Å². The molecule has 1 spiro atoms. The summed E-state index contributed by atoms with van der Waals surface area (Å²) < 4.78 is 63.2. The van der Waals surface area contributed by atoms with Gasteiger partial charge in [0, 0.05) is 52.2 Å². The molecule has 332 valence electrons. The number of carbonyl (C=O) groups excluding carboxylic acids is 1. The van der Waals surface area contributed by atoms with Gasteiger partial charge in [0.2, 0.25) is 0 Å². The van der Waals surface area contributed by atoms with Crippen molar-refractivity contribution in [1.82, 2.24) is 0 Å². The predicted molar refractivity (Wildman–Crippen MR) is 214 cm³/mol. The maximum absolute atomic E-state index is 14.2. The zero-order valence-electron chi connectivity index (χ0n) is 36.2. The molecular formula is C45H68O14. The largest absolute Gasteiger partial charge is 0.462 e. The summed E-state index contributed by atoms with van der Waals surface area (Å²) in [5.41, 5.74) is 0.186. The number of ether oxygens (including phenoxy) is 10. The van der Waals surface area contributed by atoms with Crippen LogP contribution in [0.2, 0.25) is 0 Å². The van der Waals surface area contributed by atoms with Crippen LogP contribution in [0, 0.1) is 17.8 Å². The molecule has 14 nitrogen and oxygen atoms in total. The third-order valence-electron chi connectivity index (χ3n) is 14.0. The van der Waals surface area contributed by atoms with E-state index in [-0.39, 0.29) is 30.8 Å². The average molecular weight is 833 g/mol.